The molecule has 0 aliphatic heterocycles. The first-order chi connectivity index (χ1) is 49.2. The Balaban J connectivity index is 5.23. The maximum Gasteiger partial charge on any atom is 0.472 e. The van der Waals surface area contributed by atoms with E-state index < -0.39 is 97.5 Å². The molecule has 17 nitrogen and oxygen atoms in total. The molecule has 3 N–H and O–H groups in total. The van der Waals surface area contributed by atoms with E-state index in [1.165, 1.54) is 244 Å². The summed E-state index contributed by atoms with van der Waals surface area (Å²) in [6, 6.07) is 0. The first kappa shape index (κ1) is 100. The number of unbranched alkanes of at least 4 members (excludes halogenated alkanes) is 49. The summed E-state index contributed by atoms with van der Waals surface area (Å²) in [5.74, 6) is 0.167. The average molecular weight is 1490 g/mol. The standard InChI is InChI=1S/C83H162O17P2/c1-8-9-10-11-12-13-14-15-16-17-18-19-20-21-22-23-24-29-37-45-52-59-66-82(87)99-78(70-93-80(85)64-57-50-43-36-28-26-25-27-33-40-47-54-61-74(2)3)72-97-101(89,90)95-68-77(84)69-96-102(91,92)98-73-79(71-94-81(86)65-58-51-44-39-32-35-42-49-56-63-76(6)7)100-83(88)67-60-53-46-38-31-30-34-41-48-55-62-75(4)5/h74-79,84H,8-73H2,1-7H3,(H,89,90)(H,91,92)/t77-,78-,79-/m1/s1. The fraction of sp³-hybridized carbons (Fsp3) is 0.952. The second kappa shape index (κ2) is 73.2. The minimum atomic E-state index is -4.96. The van der Waals surface area contributed by atoms with Gasteiger partial charge in [0.1, 0.15) is 19.3 Å². The molecule has 0 radical (unpaired) electrons. The van der Waals surface area contributed by atoms with Gasteiger partial charge >= 0.3 is 39.5 Å². The molecule has 0 aromatic rings. The Morgan fingerprint density at radius 2 is 0.451 bits per heavy atom. The van der Waals surface area contributed by atoms with Crippen molar-refractivity contribution in [2.24, 2.45) is 17.8 Å². The van der Waals surface area contributed by atoms with Gasteiger partial charge in [-0.1, -0.05) is 382 Å². The van der Waals surface area contributed by atoms with Gasteiger partial charge in [-0.25, -0.2) is 9.13 Å². The van der Waals surface area contributed by atoms with E-state index in [2.05, 4.69) is 48.5 Å². The van der Waals surface area contributed by atoms with E-state index in [9.17, 15) is 43.2 Å². The largest absolute Gasteiger partial charge is 0.472 e. The molecule has 5 atom stereocenters. The second-order valence-electron chi connectivity index (χ2n) is 31.3. The van der Waals surface area contributed by atoms with Crippen molar-refractivity contribution in [2.75, 3.05) is 39.6 Å². The van der Waals surface area contributed by atoms with E-state index in [0.29, 0.717) is 25.7 Å². The number of hydrogen-bond donors (Lipinski definition) is 3. The molecular formula is C83H162O17P2. The van der Waals surface area contributed by atoms with Crippen molar-refractivity contribution in [3.05, 3.63) is 0 Å². The third kappa shape index (κ3) is 76.3. The van der Waals surface area contributed by atoms with Crippen molar-refractivity contribution < 1.29 is 80.2 Å². The van der Waals surface area contributed by atoms with Crippen LogP contribution in [0.5, 0.6) is 0 Å². The molecule has 2 unspecified atom stereocenters. The van der Waals surface area contributed by atoms with Crippen LogP contribution in [0, 0.1) is 17.8 Å². The average Bonchev–Trinajstić information content (AvgIpc) is 0.911. The predicted octanol–water partition coefficient (Wildman–Crippen LogP) is 24.9. The minimum absolute atomic E-state index is 0.106. The van der Waals surface area contributed by atoms with Gasteiger partial charge < -0.3 is 33.8 Å². The van der Waals surface area contributed by atoms with Crippen molar-refractivity contribution in [2.45, 2.75) is 452 Å². The molecule has 0 saturated heterocycles. The van der Waals surface area contributed by atoms with Gasteiger partial charge in [0.25, 0.3) is 0 Å². The lowest BCUT2D eigenvalue weighted by Crippen LogP contribution is -2.30. The zero-order valence-corrected chi connectivity index (χ0v) is 68.9. The molecule has 0 aromatic carbocycles. The van der Waals surface area contributed by atoms with E-state index in [0.717, 1.165) is 108 Å². The molecular weight excluding hydrogens is 1330 g/mol. The van der Waals surface area contributed by atoms with Crippen molar-refractivity contribution >= 4 is 39.5 Å². The molecule has 19 heteroatoms. The van der Waals surface area contributed by atoms with Crippen molar-refractivity contribution in [3.8, 4) is 0 Å². The molecule has 606 valence electrons. The lowest BCUT2D eigenvalue weighted by molar-refractivity contribution is -0.161. The van der Waals surface area contributed by atoms with Crippen LogP contribution in [0.4, 0.5) is 0 Å². The van der Waals surface area contributed by atoms with Crippen molar-refractivity contribution in [1.82, 2.24) is 0 Å². The highest BCUT2D eigenvalue weighted by molar-refractivity contribution is 7.47. The van der Waals surface area contributed by atoms with Crippen molar-refractivity contribution in [3.63, 3.8) is 0 Å². The van der Waals surface area contributed by atoms with Crippen LogP contribution in [0.25, 0.3) is 0 Å². The summed E-state index contributed by atoms with van der Waals surface area (Å²) in [7, 11) is -9.92. The summed E-state index contributed by atoms with van der Waals surface area (Å²) in [6.45, 7) is 11.9. The van der Waals surface area contributed by atoms with Crippen LogP contribution in [0.2, 0.25) is 0 Å². The van der Waals surface area contributed by atoms with Crippen LogP contribution in [0.1, 0.15) is 434 Å². The number of phosphoric ester groups is 2. The highest BCUT2D eigenvalue weighted by Crippen LogP contribution is 2.45. The van der Waals surface area contributed by atoms with E-state index >= 15 is 0 Å². The molecule has 0 aliphatic rings. The molecule has 0 spiro atoms. The highest BCUT2D eigenvalue weighted by atomic mass is 31.2. The quantitative estimate of drug-likeness (QED) is 0.0222. The SMILES string of the molecule is CCCCCCCCCCCCCCCCCCCCCCCCC(=O)O[C@H](COC(=O)CCCCCCCCCCCCCCC(C)C)COP(=O)(O)OC[C@@H](O)COP(=O)(O)OC[C@@H](COC(=O)CCCCCCCCCCCC(C)C)OC(=O)CCCCCCCCCCCCC(C)C. The molecule has 0 bridgehead atoms. The van der Waals surface area contributed by atoms with Crippen LogP contribution in [0.15, 0.2) is 0 Å². The summed E-state index contributed by atoms with van der Waals surface area (Å²) in [5.41, 5.74) is 0. The van der Waals surface area contributed by atoms with Gasteiger partial charge in [0.05, 0.1) is 26.4 Å². The van der Waals surface area contributed by atoms with Gasteiger partial charge in [-0.05, 0) is 43.4 Å². The lowest BCUT2D eigenvalue weighted by atomic mass is 10.0. The van der Waals surface area contributed by atoms with Crippen LogP contribution in [-0.2, 0) is 65.4 Å². The number of aliphatic hydroxyl groups is 1. The number of aliphatic hydroxyl groups excluding tert-OH is 1. The Morgan fingerprint density at radius 3 is 0.667 bits per heavy atom. The fourth-order valence-corrected chi connectivity index (χ4v) is 14.4. The van der Waals surface area contributed by atoms with E-state index in [1.54, 1.807) is 0 Å². The third-order valence-electron chi connectivity index (χ3n) is 19.4. The number of hydrogen-bond acceptors (Lipinski definition) is 15. The smallest absolute Gasteiger partial charge is 0.462 e. The first-order valence-corrected chi connectivity index (χ1v) is 45.8. The number of rotatable bonds is 81. The molecule has 0 aromatic heterocycles. The summed E-state index contributed by atoms with van der Waals surface area (Å²) < 4.78 is 68.8. The normalized spacial score (nSPS) is 13.9. The van der Waals surface area contributed by atoms with Crippen LogP contribution < -0.4 is 0 Å². The molecule has 0 fully saturated rings. The number of carbonyl (C=O) groups excluding carboxylic acids is 4. The van der Waals surface area contributed by atoms with Gasteiger partial charge in [-0.2, -0.15) is 0 Å². The molecule has 102 heavy (non-hydrogen) atoms. The predicted molar refractivity (Wildman–Crippen MR) is 418 cm³/mol. The molecule has 0 rings (SSSR count). The number of esters is 4. The van der Waals surface area contributed by atoms with Gasteiger partial charge in [-0.15, -0.1) is 0 Å². The monoisotopic (exact) mass is 1490 g/mol. The van der Waals surface area contributed by atoms with Gasteiger partial charge in [0.2, 0.25) is 0 Å². The zero-order valence-electron chi connectivity index (χ0n) is 67.1. The molecule has 0 heterocycles. The third-order valence-corrected chi connectivity index (χ3v) is 21.3. The number of carbonyl (C=O) groups is 4. The summed E-state index contributed by atoms with van der Waals surface area (Å²) in [6.07, 6.45) is 62.6. The topological polar surface area (TPSA) is 237 Å². The van der Waals surface area contributed by atoms with Gasteiger partial charge in [0, 0.05) is 25.7 Å². The molecule has 0 aliphatic carbocycles. The number of ether oxygens (including phenoxy) is 4. The summed E-state index contributed by atoms with van der Waals surface area (Å²) in [5, 5.41) is 10.7. The van der Waals surface area contributed by atoms with E-state index in [4.69, 9.17) is 37.0 Å². The second-order valence-corrected chi connectivity index (χ2v) is 34.2. The Bertz CT molecular complexity index is 1970. The molecule has 0 saturated carbocycles. The zero-order chi connectivity index (χ0) is 75.1. The van der Waals surface area contributed by atoms with E-state index in [1.807, 2.05) is 0 Å². The maximum absolute atomic E-state index is 13.1. The van der Waals surface area contributed by atoms with E-state index in [-0.39, 0.29) is 25.7 Å². The minimum Gasteiger partial charge on any atom is -0.462 e. The highest BCUT2D eigenvalue weighted by Gasteiger charge is 2.30. The first-order valence-electron chi connectivity index (χ1n) is 42.8. The Morgan fingerprint density at radius 1 is 0.265 bits per heavy atom. The Hall–Kier alpha value is -1.94. The Labute approximate surface area is 626 Å². The van der Waals surface area contributed by atoms with Crippen LogP contribution >= 0.6 is 15.6 Å². The summed E-state index contributed by atoms with van der Waals surface area (Å²) >= 11 is 0. The fourth-order valence-electron chi connectivity index (χ4n) is 12.8. The Kier molecular flexibility index (Phi) is 71.8. The van der Waals surface area contributed by atoms with Crippen LogP contribution in [0.3, 0.4) is 0 Å². The number of phosphoric acid groups is 2. The van der Waals surface area contributed by atoms with Crippen LogP contribution in [-0.4, -0.2) is 96.7 Å². The summed E-state index contributed by atoms with van der Waals surface area (Å²) in [4.78, 5) is 73.1. The van der Waals surface area contributed by atoms with Gasteiger partial charge in [0.15, 0.2) is 12.2 Å². The van der Waals surface area contributed by atoms with Gasteiger partial charge in [-0.3, -0.25) is 37.3 Å². The maximum atomic E-state index is 13.1. The lowest BCUT2D eigenvalue weighted by Gasteiger charge is -2.21. The molecule has 0 amide bonds. The van der Waals surface area contributed by atoms with Crippen molar-refractivity contribution in [1.29, 1.82) is 0 Å².